The number of benzene rings is 1. The second-order valence-electron chi connectivity index (χ2n) is 8.33. The van der Waals surface area contributed by atoms with Crippen LogP contribution in [0.3, 0.4) is 0 Å². The minimum atomic E-state index is -5.62. The van der Waals surface area contributed by atoms with Crippen molar-refractivity contribution in [2.45, 2.75) is 63.1 Å². The summed E-state index contributed by atoms with van der Waals surface area (Å²) < 4.78 is 114. The molecule has 15 heteroatoms. The van der Waals surface area contributed by atoms with Crippen LogP contribution >= 0.6 is 0 Å². The third-order valence-corrected chi connectivity index (χ3v) is 5.87. The molecule has 3 rings (SSSR count). The van der Waals surface area contributed by atoms with Gasteiger partial charge in [-0.2, -0.15) is 39.5 Å². The first-order chi connectivity index (χ1) is 17.0. The average Bonchev–Trinajstić information content (AvgIpc) is 2.81. The first-order valence-electron chi connectivity index (χ1n) is 10.9. The molecule has 1 heterocycles. The Balaban J connectivity index is 0.000000317. The molecule has 0 bridgehead atoms. The maximum absolute atomic E-state index is 13.1. The van der Waals surface area contributed by atoms with Crippen molar-refractivity contribution in [3.8, 4) is 5.75 Å². The van der Waals surface area contributed by atoms with Gasteiger partial charge in [-0.3, -0.25) is 4.79 Å². The molecule has 1 fully saturated rings. The van der Waals surface area contributed by atoms with Gasteiger partial charge in [0, 0.05) is 6.54 Å². The van der Waals surface area contributed by atoms with Gasteiger partial charge >= 0.3 is 36.4 Å². The smallest absolute Gasteiger partial charge is 0.491 e. The van der Waals surface area contributed by atoms with Crippen molar-refractivity contribution in [1.82, 2.24) is 4.90 Å². The van der Waals surface area contributed by atoms with E-state index in [9.17, 15) is 53.9 Å². The third-order valence-electron chi connectivity index (χ3n) is 5.87. The number of halogens is 9. The zero-order chi connectivity index (χ0) is 28.2. The molecule has 1 atom stereocenters. The van der Waals surface area contributed by atoms with Gasteiger partial charge in [0.25, 0.3) is 0 Å². The number of hydrogen-bond acceptors (Lipinski definition) is 5. The van der Waals surface area contributed by atoms with Crippen LogP contribution in [0, 0.1) is 5.92 Å². The Labute approximate surface area is 204 Å². The molecule has 1 saturated carbocycles. The van der Waals surface area contributed by atoms with Gasteiger partial charge in [-0.25, -0.2) is 9.59 Å². The van der Waals surface area contributed by atoms with E-state index in [4.69, 9.17) is 4.74 Å². The summed E-state index contributed by atoms with van der Waals surface area (Å²) in [5, 5.41) is 0. The number of nitrogens with zero attached hydrogens (tertiary/aromatic N) is 1. The second-order valence-corrected chi connectivity index (χ2v) is 8.33. The van der Waals surface area contributed by atoms with Gasteiger partial charge < -0.3 is 14.4 Å². The molecule has 1 unspecified atom stereocenters. The lowest BCUT2D eigenvalue weighted by Crippen LogP contribution is -2.48. The van der Waals surface area contributed by atoms with E-state index in [1.54, 1.807) is 13.2 Å². The van der Waals surface area contributed by atoms with Gasteiger partial charge in [-0.05, 0) is 48.4 Å². The van der Waals surface area contributed by atoms with Crippen molar-refractivity contribution in [2.75, 3.05) is 13.7 Å². The highest BCUT2D eigenvalue weighted by atomic mass is 19.4. The first kappa shape index (κ1) is 30.2. The lowest BCUT2D eigenvalue weighted by molar-refractivity contribution is -0.221. The number of amides is 1. The summed E-state index contributed by atoms with van der Waals surface area (Å²) in [6, 6.07) is 5.02. The fourth-order valence-electron chi connectivity index (χ4n) is 4.31. The topological polar surface area (TPSA) is 72.9 Å². The molecule has 1 aromatic carbocycles. The van der Waals surface area contributed by atoms with Crippen molar-refractivity contribution < 1.29 is 63.4 Å². The minimum Gasteiger partial charge on any atom is -0.497 e. The Kier molecular flexibility index (Phi) is 9.47. The molecule has 2 aliphatic rings. The van der Waals surface area contributed by atoms with Gasteiger partial charge in [-0.15, -0.1) is 0 Å². The quantitative estimate of drug-likeness (QED) is 0.278. The zero-order valence-electron chi connectivity index (χ0n) is 19.2. The summed E-state index contributed by atoms with van der Waals surface area (Å²) in [5.41, 5.74) is 1.85. The van der Waals surface area contributed by atoms with Crippen molar-refractivity contribution >= 4 is 17.8 Å². The van der Waals surface area contributed by atoms with E-state index in [0.717, 1.165) is 48.1 Å². The van der Waals surface area contributed by atoms with E-state index >= 15 is 0 Å². The average molecular weight is 551 g/mol. The molecule has 208 valence electrons. The summed E-state index contributed by atoms with van der Waals surface area (Å²) in [4.78, 5) is 32.3. The number of hydrogen-bond donors (Lipinski definition) is 0. The maximum Gasteiger partial charge on any atom is 0.491 e. The standard InChI is InChI=1S/C18H22F3NO2.C4F6O3/c1-24-14-7-8-15-13(11-14)9-10-22(17(23)18(19,20)21)16(15)12-5-3-2-4-6-12;5-3(6,7)1(11)13-2(12)4(8,9)10/h7-8,11-12,16H,2-6,9-10H2,1H3;. The number of ether oxygens (including phenoxy) is 2. The van der Waals surface area contributed by atoms with Gasteiger partial charge in [-0.1, -0.05) is 25.3 Å². The molecule has 6 nitrogen and oxygen atoms in total. The maximum atomic E-state index is 13.1. The number of fused-ring (bicyclic) bond motifs is 1. The highest BCUT2D eigenvalue weighted by molar-refractivity contribution is 5.90. The van der Waals surface area contributed by atoms with Crippen LogP contribution in [0.1, 0.15) is 49.3 Å². The molecule has 1 aromatic rings. The number of rotatable bonds is 2. The Morgan fingerprint density at radius 1 is 0.838 bits per heavy atom. The van der Waals surface area contributed by atoms with Crippen molar-refractivity contribution in [2.24, 2.45) is 5.92 Å². The molecular formula is C22H22F9NO5. The molecule has 37 heavy (non-hydrogen) atoms. The fraction of sp³-hybridized carbons (Fsp3) is 0.591. The van der Waals surface area contributed by atoms with Gasteiger partial charge in [0.05, 0.1) is 13.2 Å². The van der Waals surface area contributed by atoms with E-state index in [-0.39, 0.29) is 12.5 Å². The van der Waals surface area contributed by atoms with E-state index in [1.165, 1.54) is 0 Å². The van der Waals surface area contributed by atoms with Crippen LogP contribution in [0.5, 0.6) is 5.75 Å². The van der Waals surface area contributed by atoms with Gasteiger partial charge in [0.1, 0.15) is 5.75 Å². The highest BCUT2D eigenvalue weighted by Crippen LogP contribution is 2.44. The summed E-state index contributed by atoms with van der Waals surface area (Å²) in [6.45, 7) is 0.111. The molecule has 0 N–H and O–H groups in total. The summed E-state index contributed by atoms with van der Waals surface area (Å²) in [6.07, 6.45) is -10.8. The predicted octanol–water partition coefficient (Wildman–Crippen LogP) is 5.44. The molecule has 0 saturated heterocycles. The van der Waals surface area contributed by atoms with Crippen LogP contribution < -0.4 is 4.74 Å². The van der Waals surface area contributed by atoms with Crippen molar-refractivity contribution in [3.05, 3.63) is 29.3 Å². The second kappa shape index (κ2) is 11.6. The van der Waals surface area contributed by atoms with Crippen LogP contribution in [-0.4, -0.2) is 54.9 Å². The number of alkyl halides is 9. The summed E-state index contributed by atoms with van der Waals surface area (Å²) in [7, 11) is 1.57. The van der Waals surface area contributed by atoms with E-state index in [1.807, 2.05) is 12.1 Å². The van der Waals surface area contributed by atoms with Gasteiger partial charge in [0.2, 0.25) is 0 Å². The lowest BCUT2D eigenvalue weighted by atomic mass is 9.77. The summed E-state index contributed by atoms with van der Waals surface area (Å²) >= 11 is 0. The first-order valence-corrected chi connectivity index (χ1v) is 10.9. The van der Waals surface area contributed by atoms with E-state index in [0.29, 0.717) is 12.2 Å². The largest absolute Gasteiger partial charge is 0.497 e. The monoisotopic (exact) mass is 551 g/mol. The zero-order valence-corrected chi connectivity index (χ0v) is 19.2. The highest BCUT2D eigenvalue weighted by Gasteiger charge is 2.49. The van der Waals surface area contributed by atoms with Crippen molar-refractivity contribution in [3.63, 3.8) is 0 Å². The van der Waals surface area contributed by atoms with Crippen molar-refractivity contribution in [1.29, 1.82) is 0 Å². The molecule has 0 radical (unpaired) electrons. The Bertz CT molecular complexity index is 958. The van der Waals surface area contributed by atoms with Crippen LogP contribution in [-0.2, 0) is 25.5 Å². The third kappa shape index (κ3) is 7.99. The molecule has 0 aromatic heterocycles. The molecule has 1 amide bonds. The number of carbonyl (C=O) groups is 3. The minimum absolute atomic E-state index is 0.0949. The number of methoxy groups -OCH3 is 1. The van der Waals surface area contributed by atoms with E-state index < -0.39 is 42.4 Å². The SMILES string of the molecule is COc1ccc2c(c1)CCN(C(=O)C(F)(F)F)C2C1CCCCC1.O=C(OC(=O)C(F)(F)F)C(F)(F)F. The Morgan fingerprint density at radius 2 is 1.38 bits per heavy atom. The number of esters is 2. The normalized spacial score (nSPS) is 18.8. The molecule has 1 aliphatic heterocycles. The van der Waals surface area contributed by atoms with Crippen LogP contribution in [0.2, 0.25) is 0 Å². The molecule has 1 aliphatic carbocycles. The van der Waals surface area contributed by atoms with E-state index in [2.05, 4.69) is 4.74 Å². The van der Waals surface area contributed by atoms with Gasteiger partial charge in [0.15, 0.2) is 0 Å². The summed E-state index contributed by atoms with van der Waals surface area (Å²) in [5.74, 6) is -7.31. The Morgan fingerprint density at radius 3 is 1.84 bits per heavy atom. The Hall–Kier alpha value is -3.00. The van der Waals surface area contributed by atoms with Crippen LogP contribution in [0.15, 0.2) is 18.2 Å². The van der Waals surface area contributed by atoms with Crippen LogP contribution in [0.25, 0.3) is 0 Å². The molecule has 0 spiro atoms. The van der Waals surface area contributed by atoms with Crippen LogP contribution in [0.4, 0.5) is 39.5 Å². The molecular weight excluding hydrogens is 529 g/mol. The lowest BCUT2D eigenvalue weighted by Gasteiger charge is -2.43. The predicted molar refractivity (Wildman–Crippen MR) is 107 cm³/mol. The fourth-order valence-corrected chi connectivity index (χ4v) is 4.31. The number of carbonyl (C=O) groups excluding carboxylic acids is 3.